The highest BCUT2D eigenvalue weighted by atomic mass is 16.5. The average Bonchev–Trinajstić information content (AvgIpc) is 2.61. The third-order valence-electron chi connectivity index (χ3n) is 3.39. The summed E-state index contributed by atoms with van der Waals surface area (Å²) in [6, 6.07) is 24.3. The Labute approximate surface area is 135 Å². The second-order valence-corrected chi connectivity index (χ2v) is 5.16. The van der Waals surface area contributed by atoms with Crippen molar-refractivity contribution in [2.75, 3.05) is 0 Å². The third kappa shape index (κ3) is 4.27. The van der Waals surface area contributed by atoms with Crippen LogP contribution in [-0.2, 0) is 18.3 Å². The maximum absolute atomic E-state index is 11.6. The van der Waals surface area contributed by atoms with E-state index in [1.165, 1.54) is 12.1 Å². The summed E-state index contributed by atoms with van der Waals surface area (Å²) in [4.78, 5) is 0. The van der Waals surface area contributed by atoms with E-state index < -0.39 is 0 Å². The van der Waals surface area contributed by atoms with E-state index in [1.807, 2.05) is 60.7 Å². The summed E-state index contributed by atoms with van der Waals surface area (Å²) in [6.07, 6.45) is 0. The lowest BCUT2D eigenvalue weighted by Gasteiger charge is -2.13. The van der Waals surface area contributed by atoms with Crippen molar-refractivity contribution < 1.29 is 14.6 Å². The van der Waals surface area contributed by atoms with Gasteiger partial charge in [0.25, 0.3) is 0 Å². The lowest BCUT2D eigenvalue weighted by molar-refractivity contribution is 0.253. The zero-order valence-corrected chi connectivity index (χ0v) is 12.6. The van der Waals surface area contributed by atoms with E-state index in [4.69, 9.17) is 9.47 Å². The highest BCUT2D eigenvalue weighted by Crippen LogP contribution is 2.32. The molecule has 23 heavy (non-hydrogen) atoms. The van der Waals surface area contributed by atoms with Crippen molar-refractivity contribution in [2.45, 2.75) is 13.2 Å². The van der Waals surface area contributed by atoms with E-state index in [9.17, 15) is 5.11 Å². The third-order valence-corrected chi connectivity index (χ3v) is 3.39. The van der Waals surface area contributed by atoms with Crippen molar-refractivity contribution >= 4 is 0 Å². The van der Waals surface area contributed by atoms with Crippen LogP contribution in [0, 0.1) is 0 Å². The Morgan fingerprint density at radius 2 is 1.13 bits per heavy atom. The summed E-state index contributed by atoms with van der Waals surface area (Å²) in [5.74, 6) is 0.946. The van der Waals surface area contributed by atoms with Gasteiger partial charge in [0.05, 0.1) is 0 Å². The molecule has 0 amide bonds. The first kappa shape index (κ1) is 15.0. The van der Waals surface area contributed by atoms with E-state index in [0.29, 0.717) is 24.7 Å². The average molecular weight is 305 g/mol. The van der Waals surface area contributed by atoms with Crippen LogP contribution in [0.5, 0.6) is 17.2 Å². The van der Waals surface area contributed by atoms with Gasteiger partial charge in [-0.25, -0.2) is 0 Å². The number of hydrogen-bond acceptors (Lipinski definition) is 2. The van der Waals surface area contributed by atoms with Crippen LogP contribution >= 0.6 is 0 Å². The van der Waals surface area contributed by atoms with Crippen LogP contribution < -0.4 is 9.47 Å². The van der Waals surface area contributed by atoms with Gasteiger partial charge in [-0.2, -0.15) is 0 Å². The Morgan fingerprint density at radius 1 is 0.609 bits per heavy atom. The molecule has 3 rings (SSSR count). The Kier molecular flexibility index (Phi) is 4.79. The summed E-state index contributed by atoms with van der Waals surface area (Å²) < 4.78 is 11.6. The van der Waals surface area contributed by atoms with Crippen LogP contribution in [0.3, 0.4) is 0 Å². The summed E-state index contributed by atoms with van der Waals surface area (Å²) in [5.41, 5.74) is 2.10. The molecule has 3 aromatic rings. The molecule has 3 nitrogen and oxygen atoms in total. The molecule has 0 bridgehead atoms. The molecule has 1 radical (unpaired) electrons. The monoisotopic (exact) mass is 305 g/mol. The van der Waals surface area contributed by atoms with Crippen LogP contribution in [0.4, 0.5) is 0 Å². The first-order valence-electron chi connectivity index (χ1n) is 7.46. The highest BCUT2D eigenvalue weighted by Gasteiger charge is 2.08. The highest BCUT2D eigenvalue weighted by molar-refractivity contribution is 5.45. The van der Waals surface area contributed by atoms with Gasteiger partial charge >= 0.3 is 0 Å². The van der Waals surface area contributed by atoms with E-state index in [-0.39, 0.29) is 5.75 Å². The SMILES string of the molecule is [O]c1ccc(OCc2ccccc2)c(OCc2ccccc2)c1. The predicted molar refractivity (Wildman–Crippen MR) is 88.1 cm³/mol. The Bertz CT molecular complexity index is 739. The van der Waals surface area contributed by atoms with Crippen LogP contribution in [0.15, 0.2) is 78.9 Å². The topological polar surface area (TPSA) is 38.4 Å². The van der Waals surface area contributed by atoms with Gasteiger partial charge in [0, 0.05) is 6.07 Å². The van der Waals surface area contributed by atoms with Crippen LogP contribution in [0.2, 0.25) is 0 Å². The van der Waals surface area contributed by atoms with Crippen molar-refractivity contribution in [1.29, 1.82) is 0 Å². The summed E-state index contributed by atoms with van der Waals surface area (Å²) in [6.45, 7) is 0.826. The Balaban J connectivity index is 1.70. The molecule has 0 aliphatic rings. The molecule has 0 aliphatic carbocycles. The predicted octanol–water partition coefficient (Wildman–Crippen LogP) is 4.99. The second kappa shape index (κ2) is 7.36. The molecule has 3 heteroatoms. The van der Waals surface area contributed by atoms with Gasteiger partial charge in [0.1, 0.15) is 13.2 Å². The van der Waals surface area contributed by atoms with Gasteiger partial charge in [0.2, 0.25) is 0 Å². The van der Waals surface area contributed by atoms with Gasteiger partial charge in [-0.15, -0.1) is 0 Å². The van der Waals surface area contributed by atoms with Crippen molar-refractivity contribution in [1.82, 2.24) is 0 Å². The molecule has 0 N–H and O–H groups in total. The molecule has 0 aromatic heterocycles. The van der Waals surface area contributed by atoms with Crippen LogP contribution in [0.1, 0.15) is 11.1 Å². The molecule has 0 saturated carbocycles. The molecule has 115 valence electrons. The number of hydrogen-bond donors (Lipinski definition) is 0. The van der Waals surface area contributed by atoms with Crippen molar-refractivity contribution in [3.63, 3.8) is 0 Å². The van der Waals surface area contributed by atoms with Gasteiger partial charge in [-0.3, -0.25) is 5.11 Å². The van der Waals surface area contributed by atoms with E-state index >= 15 is 0 Å². The van der Waals surface area contributed by atoms with Crippen molar-refractivity contribution in [3.8, 4) is 17.2 Å². The number of ether oxygens (including phenoxy) is 2. The summed E-state index contributed by atoms with van der Waals surface area (Å²) >= 11 is 0. The molecule has 3 aromatic carbocycles. The minimum atomic E-state index is -0.0971. The molecule has 0 spiro atoms. The normalized spacial score (nSPS) is 10.3. The largest absolute Gasteiger partial charge is 0.485 e. The quantitative estimate of drug-likeness (QED) is 0.643. The van der Waals surface area contributed by atoms with E-state index in [1.54, 1.807) is 6.07 Å². The molecule has 0 aliphatic heterocycles. The number of rotatable bonds is 6. The fourth-order valence-corrected chi connectivity index (χ4v) is 2.19. The molecule has 0 fully saturated rings. The molecule has 0 atom stereocenters. The zero-order valence-electron chi connectivity index (χ0n) is 12.6. The second-order valence-electron chi connectivity index (χ2n) is 5.16. The first-order valence-corrected chi connectivity index (χ1v) is 7.46. The zero-order chi connectivity index (χ0) is 15.9. The maximum atomic E-state index is 11.6. The lowest BCUT2D eigenvalue weighted by Crippen LogP contribution is -2.00. The van der Waals surface area contributed by atoms with E-state index in [0.717, 1.165) is 11.1 Å². The van der Waals surface area contributed by atoms with Gasteiger partial charge in [-0.1, -0.05) is 60.7 Å². The van der Waals surface area contributed by atoms with Crippen LogP contribution in [-0.4, -0.2) is 0 Å². The van der Waals surface area contributed by atoms with E-state index in [2.05, 4.69) is 0 Å². The minimum Gasteiger partial charge on any atom is -0.485 e. The van der Waals surface area contributed by atoms with Crippen molar-refractivity contribution in [2.24, 2.45) is 0 Å². The Morgan fingerprint density at radius 3 is 1.70 bits per heavy atom. The molecule has 0 heterocycles. The lowest BCUT2D eigenvalue weighted by atomic mass is 10.2. The summed E-state index contributed by atoms with van der Waals surface area (Å²) in [5, 5.41) is 11.6. The standard InChI is InChI=1S/C20H17O3/c21-18-11-12-19(22-14-16-7-3-1-4-8-16)20(13-18)23-15-17-9-5-2-6-10-17/h1-13H,14-15H2. The summed E-state index contributed by atoms with van der Waals surface area (Å²) in [7, 11) is 0. The van der Waals surface area contributed by atoms with Gasteiger partial charge in [0.15, 0.2) is 17.2 Å². The molecular formula is C20H17O3. The first-order chi connectivity index (χ1) is 11.3. The molecule has 0 saturated heterocycles. The van der Waals surface area contributed by atoms with Crippen LogP contribution in [0.25, 0.3) is 0 Å². The Hall–Kier alpha value is -2.94. The minimum absolute atomic E-state index is 0.0971. The molecule has 0 unspecified atom stereocenters. The smallest absolute Gasteiger partial charge is 0.182 e. The fourth-order valence-electron chi connectivity index (χ4n) is 2.19. The van der Waals surface area contributed by atoms with Gasteiger partial charge in [-0.05, 0) is 23.3 Å². The fraction of sp³-hybridized carbons (Fsp3) is 0.100. The molecular weight excluding hydrogens is 288 g/mol. The maximum Gasteiger partial charge on any atom is 0.182 e. The van der Waals surface area contributed by atoms with Crippen molar-refractivity contribution in [3.05, 3.63) is 90.0 Å². The number of benzene rings is 3. The van der Waals surface area contributed by atoms with Gasteiger partial charge < -0.3 is 9.47 Å².